The third-order valence-corrected chi connectivity index (χ3v) is 4.50. The fourth-order valence-electron chi connectivity index (χ4n) is 2.89. The molecule has 156 valence electrons. The van der Waals surface area contributed by atoms with Gasteiger partial charge in [-0.2, -0.15) is 5.10 Å². The lowest BCUT2D eigenvalue weighted by atomic mass is 10.1. The van der Waals surface area contributed by atoms with Gasteiger partial charge in [-0.05, 0) is 56.5 Å². The number of amides is 1. The van der Waals surface area contributed by atoms with E-state index in [2.05, 4.69) is 10.4 Å². The number of carbonyl (C=O) groups is 3. The zero-order valence-electron chi connectivity index (χ0n) is 17.3. The Kier molecular flexibility index (Phi) is 7.94. The van der Waals surface area contributed by atoms with Crippen LogP contribution in [-0.2, 0) is 25.5 Å². The molecule has 29 heavy (non-hydrogen) atoms. The molecule has 1 N–H and O–H groups in total. The largest absolute Gasteiger partial charge is 0.469 e. The molecule has 8 nitrogen and oxygen atoms in total. The molecule has 0 radical (unpaired) electrons. The van der Waals surface area contributed by atoms with Gasteiger partial charge in [0.1, 0.15) is 0 Å². The summed E-state index contributed by atoms with van der Waals surface area (Å²) in [6.07, 6.45) is 1.66. The van der Waals surface area contributed by atoms with Crippen molar-refractivity contribution in [2.75, 3.05) is 20.3 Å². The summed E-state index contributed by atoms with van der Waals surface area (Å²) in [6, 6.07) is 6.78. The highest BCUT2D eigenvalue weighted by atomic mass is 16.5. The summed E-state index contributed by atoms with van der Waals surface area (Å²) in [5.41, 5.74) is 3.90. The smallest absolute Gasteiger partial charge is 0.338 e. The van der Waals surface area contributed by atoms with E-state index in [0.717, 1.165) is 29.1 Å². The molecule has 0 fully saturated rings. The second-order valence-electron chi connectivity index (χ2n) is 6.61. The van der Waals surface area contributed by atoms with E-state index in [0.29, 0.717) is 24.9 Å². The Bertz CT molecular complexity index is 871. The van der Waals surface area contributed by atoms with Crippen LogP contribution in [0.5, 0.6) is 0 Å². The Morgan fingerprint density at radius 3 is 2.45 bits per heavy atom. The number of aromatic nitrogens is 2. The molecule has 0 spiro atoms. The number of hydrogen-bond donors (Lipinski definition) is 1. The summed E-state index contributed by atoms with van der Waals surface area (Å²) in [5, 5.41) is 7.19. The Labute approximate surface area is 170 Å². The van der Waals surface area contributed by atoms with Crippen LogP contribution in [0.4, 0.5) is 0 Å². The first-order valence-electron chi connectivity index (χ1n) is 9.53. The Hall–Kier alpha value is -3.16. The van der Waals surface area contributed by atoms with Crippen LogP contribution >= 0.6 is 0 Å². The average molecular weight is 401 g/mol. The monoisotopic (exact) mass is 401 g/mol. The minimum absolute atomic E-state index is 0.261. The summed E-state index contributed by atoms with van der Waals surface area (Å²) in [4.78, 5) is 35.1. The fourth-order valence-corrected chi connectivity index (χ4v) is 2.89. The first kappa shape index (κ1) is 22.1. The van der Waals surface area contributed by atoms with Crippen molar-refractivity contribution in [1.82, 2.24) is 15.1 Å². The molecule has 1 aromatic heterocycles. The van der Waals surface area contributed by atoms with Gasteiger partial charge in [0.2, 0.25) is 0 Å². The van der Waals surface area contributed by atoms with Crippen molar-refractivity contribution in [3.63, 3.8) is 0 Å². The number of ether oxygens (including phenoxy) is 2. The predicted octanol–water partition coefficient (Wildman–Crippen LogP) is 2.28. The molecule has 2 aromatic rings. The lowest BCUT2D eigenvalue weighted by Gasteiger charge is -2.08. The number of hydrogen-bond acceptors (Lipinski definition) is 6. The molecule has 0 aliphatic heterocycles. The molecule has 2 rings (SSSR count). The maximum Gasteiger partial charge on any atom is 0.338 e. The summed E-state index contributed by atoms with van der Waals surface area (Å²) in [5.74, 6) is -1.14. The van der Waals surface area contributed by atoms with Gasteiger partial charge < -0.3 is 14.8 Å². The van der Waals surface area contributed by atoms with Gasteiger partial charge in [-0.25, -0.2) is 9.48 Å². The van der Waals surface area contributed by atoms with Crippen LogP contribution in [0.15, 0.2) is 24.3 Å². The van der Waals surface area contributed by atoms with Crippen molar-refractivity contribution in [3.8, 4) is 5.69 Å². The van der Waals surface area contributed by atoms with Crippen LogP contribution in [0, 0.1) is 13.8 Å². The average Bonchev–Trinajstić information content (AvgIpc) is 3.02. The zero-order valence-corrected chi connectivity index (χ0v) is 17.3. The summed E-state index contributed by atoms with van der Waals surface area (Å²) in [6.45, 7) is 6.02. The number of benzene rings is 1. The molecule has 1 amide bonds. The van der Waals surface area contributed by atoms with Crippen LogP contribution in [-0.4, -0.2) is 47.9 Å². The van der Waals surface area contributed by atoms with Crippen molar-refractivity contribution < 1.29 is 23.9 Å². The van der Waals surface area contributed by atoms with Crippen molar-refractivity contribution in [1.29, 1.82) is 0 Å². The maximum absolute atomic E-state index is 12.1. The molecule has 0 unspecified atom stereocenters. The number of nitrogens with zero attached hydrogens (tertiary/aromatic N) is 2. The molecule has 0 saturated carbocycles. The molecule has 8 heteroatoms. The minimum atomic E-state index is -0.560. The molecule has 0 aliphatic carbocycles. The summed E-state index contributed by atoms with van der Waals surface area (Å²) >= 11 is 0. The van der Waals surface area contributed by atoms with Crippen molar-refractivity contribution in [3.05, 3.63) is 46.8 Å². The van der Waals surface area contributed by atoms with Gasteiger partial charge in [0.05, 0.1) is 24.1 Å². The van der Waals surface area contributed by atoms with Gasteiger partial charge in [-0.1, -0.05) is 6.92 Å². The van der Waals surface area contributed by atoms with Gasteiger partial charge >= 0.3 is 11.9 Å². The molecular formula is C21H27N3O5. The fraction of sp³-hybridized carbons (Fsp3) is 0.429. The van der Waals surface area contributed by atoms with Crippen LogP contribution in [0.25, 0.3) is 5.69 Å². The lowest BCUT2D eigenvalue weighted by Crippen LogP contribution is -2.29. The van der Waals surface area contributed by atoms with Gasteiger partial charge in [0.25, 0.3) is 5.91 Å². The van der Waals surface area contributed by atoms with E-state index in [1.165, 1.54) is 7.11 Å². The Balaban J connectivity index is 2.05. The summed E-state index contributed by atoms with van der Waals surface area (Å²) in [7, 11) is 1.37. The van der Waals surface area contributed by atoms with Gasteiger partial charge in [0, 0.05) is 18.7 Å². The maximum atomic E-state index is 12.1. The SMILES string of the molecule is CCCNC(=O)COC(=O)c1ccc(-n2nc(C)c(CCC(=O)OC)c2C)cc1. The lowest BCUT2D eigenvalue weighted by molar-refractivity contribution is -0.140. The molecule has 0 aliphatic rings. The Morgan fingerprint density at radius 2 is 1.83 bits per heavy atom. The molecule has 0 atom stereocenters. The number of rotatable bonds is 9. The highest BCUT2D eigenvalue weighted by Gasteiger charge is 2.15. The third-order valence-electron chi connectivity index (χ3n) is 4.50. The van der Waals surface area contributed by atoms with E-state index in [4.69, 9.17) is 9.47 Å². The second-order valence-corrected chi connectivity index (χ2v) is 6.61. The second kappa shape index (κ2) is 10.4. The van der Waals surface area contributed by atoms with Crippen LogP contribution in [0.1, 0.15) is 47.1 Å². The van der Waals surface area contributed by atoms with E-state index in [-0.39, 0.29) is 18.5 Å². The topological polar surface area (TPSA) is 99.5 Å². The number of nitrogens with one attached hydrogen (secondary N) is 1. The number of esters is 2. The van der Waals surface area contributed by atoms with Crippen molar-refractivity contribution in [2.45, 2.75) is 40.0 Å². The van der Waals surface area contributed by atoms with Gasteiger partial charge in [-0.3, -0.25) is 9.59 Å². The van der Waals surface area contributed by atoms with Crippen molar-refractivity contribution >= 4 is 17.8 Å². The first-order chi connectivity index (χ1) is 13.9. The molecule has 0 bridgehead atoms. The normalized spacial score (nSPS) is 10.5. The van der Waals surface area contributed by atoms with Gasteiger partial charge in [-0.15, -0.1) is 0 Å². The van der Waals surface area contributed by atoms with E-state index in [9.17, 15) is 14.4 Å². The minimum Gasteiger partial charge on any atom is -0.469 e. The predicted molar refractivity (Wildman–Crippen MR) is 107 cm³/mol. The summed E-state index contributed by atoms with van der Waals surface area (Å²) < 4.78 is 11.5. The number of aryl methyl sites for hydroxylation is 1. The molecular weight excluding hydrogens is 374 g/mol. The van der Waals surface area contributed by atoms with Gasteiger partial charge in [0.15, 0.2) is 6.61 Å². The van der Waals surface area contributed by atoms with E-state index in [1.807, 2.05) is 20.8 Å². The third kappa shape index (κ3) is 5.91. The molecule has 0 saturated heterocycles. The number of carbonyl (C=O) groups excluding carboxylic acids is 3. The van der Waals surface area contributed by atoms with Crippen LogP contribution in [0.2, 0.25) is 0 Å². The quantitative estimate of drug-likeness (QED) is 0.647. The zero-order chi connectivity index (χ0) is 21.4. The highest BCUT2D eigenvalue weighted by Crippen LogP contribution is 2.20. The van der Waals surface area contributed by atoms with Crippen LogP contribution in [0.3, 0.4) is 0 Å². The van der Waals surface area contributed by atoms with E-state index < -0.39 is 5.97 Å². The standard InChI is InChI=1S/C21H27N3O5/c1-5-12-22-19(25)13-29-21(27)16-6-8-17(9-7-16)24-15(3)18(14(2)23-24)10-11-20(26)28-4/h6-9H,5,10-13H2,1-4H3,(H,22,25). The van der Waals surface area contributed by atoms with Crippen LogP contribution < -0.4 is 5.32 Å². The van der Waals surface area contributed by atoms with E-state index in [1.54, 1.807) is 28.9 Å². The van der Waals surface area contributed by atoms with E-state index >= 15 is 0 Å². The molecule has 1 heterocycles. The highest BCUT2D eigenvalue weighted by molar-refractivity contribution is 5.91. The molecule has 1 aromatic carbocycles. The Morgan fingerprint density at radius 1 is 1.14 bits per heavy atom. The first-order valence-corrected chi connectivity index (χ1v) is 9.53. The number of methoxy groups -OCH3 is 1. The van der Waals surface area contributed by atoms with Crippen molar-refractivity contribution in [2.24, 2.45) is 0 Å².